The Kier molecular flexibility index (Phi) is 5.79. The Bertz CT molecular complexity index is 735. The second-order valence-corrected chi connectivity index (χ2v) is 7.29. The largest absolute Gasteiger partial charge is 0.368 e. The quantitative estimate of drug-likeness (QED) is 0.841. The van der Waals surface area contributed by atoms with Crippen LogP contribution in [0.2, 0.25) is 0 Å². The molecule has 1 atom stereocenters. The second-order valence-electron chi connectivity index (χ2n) is 7.29. The number of carbonyl (C=O) groups is 1. The third-order valence-corrected chi connectivity index (χ3v) is 5.36. The third-order valence-electron chi connectivity index (χ3n) is 5.36. The molecule has 27 heavy (non-hydrogen) atoms. The van der Waals surface area contributed by atoms with Gasteiger partial charge in [-0.05, 0) is 50.3 Å². The Morgan fingerprint density at radius 3 is 2.74 bits per heavy atom. The van der Waals surface area contributed by atoms with E-state index in [1.807, 2.05) is 0 Å². The van der Waals surface area contributed by atoms with E-state index in [9.17, 15) is 4.79 Å². The topological polar surface area (TPSA) is 80.5 Å². The fourth-order valence-electron chi connectivity index (χ4n) is 3.83. The maximum atomic E-state index is 12.2. The predicted octanol–water partition coefficient (Wildman–Crippen LogP) is 2.42. The number of hydrogen-bond donors (Lipinski definition) is 1. The van der Waals surface area contributed by atoms with Gasteiger partial charge in [-0.25, -0.2) is 0 Å². The van der Waals surface area contributed by atoms with Crippen LogP contribution in [0.4, 0.5) is 0 Å². The maximum Gasteiger partial charge on any atom is 0.255 e. The molecule has 2 aromatic rings. The summed E-state index contributed by atoms with van der Waals surface area (Å²) in [6, 6.07) is 10.6. The summed E-state index contributed by atoms with van der Waals surface area (Å²) in [5, 5.41) is 6.82. The van der Waals surface area contributed by atoms with E-state index in [4.69, 9.17) is 9.26 Å². The number of nitrogens with one attached hydrogen (secondary N) is 1. The first kappa shape index (κ1) is 18.1. The Hall–Kier alpha value is -2.25. The molecule has 2 aliphatic rings. The molecule has 1 amide bonds. The highest BCUT2D eigenvalue weighted by molar-refractivity contribution is 5.77. The number of nitrogens with zero attached hydrogens (tertiary/aromatic N) is 3. The van der Waals surface area contributed by atoms with Crippen molar-refractivity contribution in [3.63, 3.8) is 0 Å². The molecule has 2 saturated heterocycles. The lowest BCUT2D eigenvalue weighted by atomic mass is 9.89. The fraction of sp³-hybridized carbons (Fsp3) is 0.550. The minimum atomic E-state index is -0.0899. The van der Waals surface area contributed by atoms with E-state index in [0.29, 0.717) is 24.2 Å². The molecule has 2 aliphatic heterocycles. The third kappa shape index (κ3) is 4.73. The van der Waals surface area contributed by atoms with Gasteiger partial charge in [0, 0.05) is 6.61 Å². The van der Waals surface area contributed by atoms with Crippen molar-refractivity contribution < 1.29 is 14.1 Å². The lowest BCUT2D eigenvalue weighted by Gasteiger charge is -2.31. The van der Waals surface area contributed by atoms with Crippen molar-refractivity contribution in [1.82, 2.24) is 20.4 Å². The predicted molar refractivity (Wildman–Crippen MR) is 98.9 cm³/mol. The van der Waals surface area contributed by atoms with E-state index >= 15 is 0 Å². The second kappa shape index (κ2) is 8.63. The first-order chi connectivity index (χ1) is 13.3. The van der Waals surface area contributed by atoms with Crippen LogP contribution in [0.25, 0.3) is 0 Å². The molecule has 3 heterocycles. The molecule has 2 fully saturated rings. The minimum Gasteiger partial charge on any atom is -0.368 e. The van der Waals surface area contributed by atoms with Gasteiger partial charge in [0.2, 0.25) is 5.91 Å². The molecule has 0 aliphatic carbocycles. The molecule has 1 aromatic carbocycles. The zero-order valence-corrected chi connectivity index (χ0v) is 15.5. The van der Waals surface area contributed by atoms with Gasteiger partial charge >= 0.3 is 0 Å². The number of hydrogen-bond acceptors (Lipinski definition) is 6. The van der Waals surface area contributed by atoms with Crippen LogP contribution in [0.15, 0.2) is 34.9 Å². The molecule has 1 N–H and O–H groups in total. The number of likely N-dealkylation sites (tertiary alicyclic amines) is 1. The summed E-state index contributed by atoms with van der Waals surface area (Å²) >= 11 is 0. The maximum absolute atomic E-state index is 12.2. The Morgan fingerprint density at radius 1 is 1.19 bits per heavy atom. The molecular weight excluding hydrogens is 344 g/mol. The van der Waals surface area contributed by atoms with Crippen molar-refractivity contribution in [1.29, 1.82) is 0 Å². The van der Waals surface area contributed by atoms with Gasteiger partial charge < -0.3 is 14.6 Å². The molecule has 0 bridgehead atoms. The van der Waals surface area contributed by atoms with E-state index < -0.39 is 0 Å². The van der Waals surface area contributed by atoms with Crippen molar-refractivity contribution in [2.45, 2.75) is 44.2 Å². The van der Waals surface area contributed by atoms with Gasteiger partial charge in [-0.1, -0.05) is 35.5 Å². The van der Waals surface area contributed by atoms with Crippen LogP contribution in [-0.4, -0.2) is 47.2 Å². The van der Waals surface area contributed by atoms with Gasteiger partial charge in [0.25, 0.3) is 5.89 Å². The summed E-state index contributed by atoms with van der Waals surface area (Å²) in [6.45, 7) is 3.32. The molecule has 7 nitrogen and oxygen atoms in total. The molecule has 1 aromatic heterocycles. The molecule has 0 radical (unpaired) electrons. The number of rotatable bonds is 6. The summed E-state index contributed by atoms with van der Waals surface area (Å²) in [5.41, 5.74) is 1.40. The van der Waals surface area contributed by atoms with Crippen molar-refractivity contribution in [2.75, 3.05) is 26.2 Å². The highest BCUT2D eigenvalue weighted by Gasteiger charge is 2.24. The Balaban J connectivity index is 1.19. The normalized spacial score (nSPS) is 21.4. The number of carbonyl (C=O) groups excluding carboxylic acids is 1. The van der Waals surface area contributed by atoms with E-state index in [0.717, 1.165) is 45.4 Å². The molecule has 0 saturated carbocycles. The van der Waals surface area contributed by atoms with Gasteiger partial charge in [-0.2, -0.15) is 4.98 Å². The van der Waals surface area contributed by atoms with E-state index in [1.54, 1.807) is 0 Å². The molecule has 4 rings (SSSR count). The van der Waals surface area contributed by atoms with Crippen molar-refractivity contribution in [3.8, 4) is 0 Å². The van der Waals surface area contributed by atoms with Crippen LogP contribution in [0.1, 0.15) is 55.0 Å². The molecular formula is C20H26N4O3. The summed E-state index contributed by atoms with van der Waals surface area (Å²) < 4.78 is 10.8. The standard InChI is InChI=1S/C20H26N4O3/c25-19(21-13-18-22-20(27-23-18)17-7-4-12-26-17)14-24-10-8-16(9-11-24)15-5-2-1-3-6-15/h1-3,5-6,16-17H,4,7-14H2,(H,21,25)/t17-/m1/s1. The summed E-state index contributed by atoms with van der Waals surface area (Å²) in [6.07, 6.45) is 4.01. The lowest BCUT2D eigenvalue weighted by Crippen LogP contribution is -2.41. The zero-order chi connectivity index (χ0) is 18.5. The zero-order valence-electron chi connectivity index (χ0n) is 15.5. The van der Waals surface area contributed by atoms with Crippen molar-refractivity contribution >= 4 is 5.91 Å². The molecule has 7 heteroatoms. The van der Waals surface area contributed by atoms with Gasteiger partial charge in [0.15, 0.2) is 5.82 Å². The van der Waals surface area contributed by atoms with Crippen LogP contribution < -0.4 is 5.32 Å². The van der Waals surface area contributed by atoms with Gasteiger partial charge in [0.05, 0.1) is 13.1 Å². The highest BCUT2D eigenvalue weighted by Crippen LogP contribution is 2.28. The molecule has 0 unspecified atom stereocenters. The number of aromatic nitrogens is 2. The Labute approximate surface area is 159 Å². The number of piperidine rings is 1. The first-order valence-corrected chi connectivity index (χ1v) is 9.76. The molecule has 144 valence electrons. The van der Waals surface area contributed by atoms with Gasteiger partial charge in [0.1, 0.15) is 6.10 Å². The van der Waals surface area contributed by atoms with Crippen LogP contribution in [-0.2, 0) is 16.1 Å². The smallest absolute Gasteiger partial charge is 0.255 e. The van der Waals surface area contributed by atoms with Crippen molar-refractivity contribution in [3.05, 3.63) is 47.6 Å². The van der Waals surface area contributed by atoms with Gasteiger partial charge in [-0.3, -0.25) is 9.69 Å². The minimum absolute atomic E-state index is 0.00312. The van der Waals surface area contributed by atoms with Crippen LogP contribution >= 0.6 is 0 Å². The van der Waals surface area contributed by atoms with E-state index in [2.05, 4.69) is 50.7 Å². The van der Waals surface area contributed by atoms with Crippen molar-refractivity contribution in [2.24, 2.45) is 0 Å². The average molecular weight is 370 g/mol. The average Bonchev–Trinajstić information content (AvgIpc) is 3.39. The van der Waals surface area contributed by atoms with Gasteiger partial charge in [-0.15, -0.1) is 0 Å². The number of ether oxygens (including phenoxy) is 1. The highest BCUT2D eigenvalue weighted by atomic mass is 16.5. The lowest BCUT2D eigenvalue weighted by molar-refractivity contribution is -0.122. The van der Waals surface area contributed by atoms with Crippen LogP contribution in [0, 0.1) is 0 Å². The summed E-state index contributed by atoms with van der Waals surface area (Å²) in [4.78, 5) is 18.8. The molecule has 0 spiro atoms. The van der Waals surface area contributed by atoms with E-state index in [-0.39, 0.29) is 18.6 Å². The van der Waals surface area contributed by atoms with Crippen LogP contribution in [0.5, 0.6) is 0 Å². The van der Waals surface area contributed by atoms with E-state index in [1.165, 1.54) is 5.56 Å². The van der Waals surface area contributed by atoms with Crippen LogP contribution in [0.3, 0.4) is 0 Å². The summed E-state index contributed by atoms with van der Waals surface area (Å²) in [7, 11) is 0. The number of amides is 1. The monoisotopic (exact) mass is 370 g/mol. The number of benzene rings is 1. The first-order valence-electron chi connectivity index (χ1n) is 9.76. The Morgan fingerprint density at radius 2 is 2.00 bits per heavy atom. The summed E-state index contributed by atoms with van der Waals surface area (Å²) in [5.74, 6) is 1.61. The fourth-order valence-corrected chi connectivity index (χ4v) is 3.83. The SMILES string of the molecule is O=C(CN1CCC(c2ccccc2)CC1)NCc1noc([C@H]2CCCO2)n1.